The van der Waals surface area contributed by atoms with E-state index in [2.05, 4.69) is 32.5 Å². The van der Waals surface area contributed by atoms with Crippen LogP contribution in [0.5, 0.6) is 0 Å². The van der Waals surface area contributed by atoms with Gasteiger partial charge in [-0.2, -0.15) is 4.98 Å². The Hall–Kier alpha value is -3.22. The van der Waals surface area contributed by atoms with Crippen molar-refractivity contribution < 1.29 is 13.7 Å². The lowest BCUT2D eigenvalue weighted by molar-refractivity contribution is 0.0907. The summed E-state index contributed by atoms with van der Waals surface area (Å²) in [4.78, 5) is 18.8. The summed E-state index contributed by atoms with van der Waals surface area (Å²) in [5.41, 5.74) is 2.77. The summed E-state index contributed by atoms with van der Waals surface area (Å²) in [5.74, 6) is -0.504. The molecule has 7 heteroatoms. The molecular weight excluding hydrogens is 371 g/mol. The predicted octanol–water partition coefficient (Wildman–Crippen LogP) is 4.19. The summed E-state index contributed by atoms with van der Waals surface area (Å²) in [6.45, 7) is 2.42. The van der Waals surface area contributed by atoms with Gasteiger partial charge in [-0.25, -0.2) is 4.39 Å². The monoisotopic (exact) mass is 394 g/mol. The number of nitrogens with zero attached hydrogens (tertiary/aromatic N) is 3. The Labute approximate surface area is 168 Å². The first kappa shape index (κ1) is 19.1. The summed E-state index contributed by atoms with van der Waals surface area (Å²) in [6, 6.07) is 13.9. The van der Waals surface area contributed by atoms with E-state index in [0.29, 0.717) is 5.82 Å². The molecule has 0 aliphatic carbocycles. The second-order valence-electron chi connectivity index (χ2n) is 7.18. The molecule has 0 radical (unpaired) electrons. The van der Waals surface area contributed by atoms with Crippen LogP contribution in [0.1, 0.15) is 41.9 Å². The molecule has 1 aromatic heterocycles. The fraction of sp³-hybridized carbons (Fsp3) is 0.318. The molecule has 0 spiro atoms. The maximum Gasteiger partial charge on any atom is 0.316 e. The molecule has 3 aromatic rings. The van der Waals surface area contributed by atoms with Gasteiger partial charge in [-0.1, -0.05) is 30.1 Å². The summed E-state index contributed by atoms with van der Waals surface area (Å²) < 4.78 is 18.0. The molecule has 150 valence electrons. The first-order chi connectivity index (χ1) is 14.2. The number of halogens is 1. The van der Waals surface area contributed by atoms with Gasteiger partial charge in [0.05, 0.1) is 0 Å². The minimum Gasteiger partial charge on any atom is -0.372 e. The fourth-order valence-corrected chi connectivity index (χ4v) is 3.44. The molecule has 1 N–H and O–H groups in total. The highest BCUT2D eigenvalue weighted by molar-refractivity contribution is 5.89. The molecule has 1 aliphatic rings. The van der Waals surface area contributed by atoms with Crippen molar-refractivity contribution >= 4 is 11.6 Å². The first-order valence-electron chi connectivity index (χ1n) is 9.91. The van der Waals surface area contributed by atoms with Crippen LogP contribution in [0, 0.1) is 5.82 Å². The van der Waals surface area contributed by atoms with Crippen LogP contribution in [0.2, 0.25) is 0 Å². The average Bonchev–Trinajstić information content (AvgIpc) is 3.09. The molecule has 0 bridgehead atoms. The van der Waals surface area contributed by atoms with E-state index in [1.807, 2.05) is 12.1 Å². The number of hydrogen-bond acceptors (Lipinski definition) is 5. The van der Waals surface area contributed by atoms with E-state index in [4.69, 9.17) is 4.52 Å². The van der Waals surface area contributed by atoms with E-state index >= 15 is 0 Å². The van der Waals surface area contributed by atoms with E-state index < -0.39 is 5.91 Å². The van der Waals surface area contributed by atoms with Crippen molar-refractivity contribution in [1.29, 1.82) is 0 Å². The normalized spacial score (nSPS) is 14.4. The van der Waals surface area contributed by atoms with Crippen molar-refractivity contribution in [2.24, 2.45) is 0 Å². The minimum atomic E-state index is -0.464. The van der Waals surface area contributed by atoms with Gasteiger partial charge in [-0.15, -0.1) is 0 Å². The third-order valence-corrected chi connectivity index (χ3v) is 5.08. The number of amides is 1. The Balaban J connectivity index is 1.38. The van der Waals surface area contributed by atoms with E-state index in [-0.39, 0.29) is 18.3 Å². The third kappa shape index (κ3) is 4.80. The van der Waals surface area contributed by atoms with Crippen molar-refractivity contribution in [1.82, 2.24) is 15.5 Å². The lowest BCUT2D eigenvalue weighted by Crippen LogP contribution is -2.23. The van der Waals surface area contributed by atoms with Crippen LogP contribution in [-0.4, -0.2) is 29.1 Å². The topological polar surface area (TPSA) is 71.3 Å². The Morgan fingerprint density at radius 2 is 1.69 bits per heavy atom. The van der Waals surface area contributed by atoms with Gasteiger partial charge in [0.1, 0.15) is 5.82 Å². The molecule has 1 aliphatic heterocycles. The number of nitrogens with one attached hydrogen (secondary N) is 1. The van der Waals surface area contributed by atoms with Crippen LogP contribution < -0.4 is 10.2 Å². The molecule has 2 aromatic carbocycles. The van der Waals surface area contributed by atoms with E-state index in [9.17, 15) is 9.18 Å². The Morgan fingerprint density at radius 1 is 1.00 bits per heavy atom. The number of carbonyl (C=O) groups excluding carboxylic acids is 1. The van der Waals surface area contributed by atoms with Gasteiger partial charge in [0, 0.05) is 30.9 Å². The maximum atomic E-state index is 12.9. The molecule has 4 rings (SSSR count). The smallest absolute Gasteiger partial charge is 0.316 e. The number of aromatic nitrogens is 2. The molecule has 6 nitrogen and oxygen atoms in total. The highest BCUT2D eigenvalue weighted by Crippen LogP contribution is 2.23. The zero-order valence-electron chi connectivity index (χ0n) is 16.1. The van der Waals surface area contributed by atoms with E-state index in [1.54, 1.807) is 12.1 Å². The van der Waals surface area contributed by atoms with Gasteiger partial charge in [0.2, 0.25) is 5.82 Å². The van der Waals surface area contributed by atoms with Gasteiger partial charge >= 0.3 is 11.8 Å². The third-order valence-electron chi connectivity index (χ3n) is 5.08. The van der Waals surface area contributed by atoms with E-state index in [1.165, 1.54) is 43.5 Å². The molecule has 1 amide bonds. The van der Waals surface area contributed by atoms with Gasteiger partial charge < -0.3 is 14.7 Å². The number of carbonyl (C=O) groups is 1. The molecule has 29 heavy (non-hydrogen) atoms. The van der Waals surface area contributed by atoms with Crippen molar-refractivity contribution in [2.45, 2.75) is 32.2 Å². The predicted molar refractivity (Wildman–Crippen MR) is 108 cm³/mol. The van der Waals surface area contributed by atoms with Gasteiger partial charge in [-0.3, -0.25) is 4.79 Å². The quantitative estimate of drug-likeness (QED) is 0.703. The van der Waals surface area contributed by atoms with Crippen LogP contribution >= 0.6 is 0 Å². The van der Waals surface area contributed by atoms with Gasteiger partial charge in [-0.05, 0) is 54.8 Å². The van der Waals surface area contributed by atoms with E-state index in [0.717, 1.165) is 24.2 Å². The van der Waals surface area contributed by atoms with Crippen LogP contribution in [0.4, 0.5) is 10.1 Å². The molecule has 0 saturated carbocycles. The van der Waals surface area contributed by atoms with Gasteiger partial charge in [0.15, 0.2) is 0 Å². The number of hydrogen-bond donors (Lipinski definition) is 1. The van der Waals surface area contributed by atoms with Crippen LogP contribution in [-0.2, 0) is 6.54 Å². The molecule has 1 fully saturated rings. The highest BCUT2D eigenvalue weighted by atomic mass is 19.1. The van der Waals surface area contributed by atoms with Crippen LogP contribution in [0.15, 0.2) is 53.1 Å². The molecule has 2 heterocycles. The Morgan fingerprint density at radius 3 is 2.38 bits per heavy atom. The fourth-order valence-electron chi connectivity index (χ4n) is 3.44. The molecule has 0 unspecified atom stereocenters. The van der Waals surface area contributed by atoms with Crippen molar-refractivity contribution in [3.63, 3.8) is 0 Å². The van der Waals surface area contributed by atoms with Crippen LogP contribution in [0.25, 0.3) is 11.4 Å². The Kier molecular flexibility index (Phi) is 5.84. The van der Waals surface area contributed by atoms with Crippen molar-refractivity contribution in [2.75, 3.05) is 18.0 Å². The van der Waals surface area contributed by atoms with Crippen LogP contribution in [0.3, 0.4) is 0 Å². The molecule has 0 atom stereocenters. The summed E-state index contributed by atoms with van der Waals surface area (Å²) in [7, 11) is 0. The summed E-state index contributed by atoms with van der Waals surface area (Å²) in [5, 5.41) is 6.61. The molecule has 1 saturated heterocycles. The first-order valence-corrected chi connectivity index (χ1v) is 9.91. The van der Waals surface area contributed by atoms with Gasteiger partial charge in [0.25, 0.3) is 0 Å². The largest absolute Gasteiger partial charge is 0.372 e. The Bertz CT molecular complexity index is 946. The highest BCUT2D eigenvalue weighted by Gasteiger charge is 2.16. The summed E-state index contributed by atoms with van der Waals surface area (Å²) in [6.07, 6.45) is 5.04. The molecular formula is C22H23FN4O2. The standard InChI is InChI=1S/C22H23FN4O2/c23-18-9-5-16(6-10-18)15-24-21(28)22-25-20(26-29-22)17-7-11-19(12-8-17)27-13-3-1-2-4-14-27/h5-12H,1-4,13-15H2,(H,24,28). The lowest BCUT2D eigenvalue weighted by atomic mass is 10.2. The average molecular weight is 394 g/mol. The maximum absolute atomic E-state index is 12.9. The van der Waals surface area contributed by atoms with Crippen molar-refractivity contribution in [3.05, 3.63) is 65.8 Å². The second-order valence-corrected chi connectivity index (χ2v) is 7.18. The number of anilines is 1. The lowest BCUT2D eigenvalue weighted by Gasteiger charge is -2.22. The summed E-state index contributed by atoms with van der Waals surface area (Å²) >= 11 is 0. The number of rotatable bonds is 5. The second kappa shape index (κ2) is 8.86. The zero-order chi connectivity index (χ0) is 20.1. The SMILES string of the molecule is O=C(NCc1ccc(F)cc1)c1nc(-c2ccc(N3CCCCCC3)cc2)no1. The number of benzene rings is 2. The zero-order valence-corrected chi connectivity index (χ0v) is 16.1. The van der Waals surface area contributed by atoms with Crippen molar-refractivity contribution in [3.8, 4) is 11.4 Å². The minimum absolute atomic E-state index is 0.0984.